The molecule has 1 saturated heterocycles. The second kappa shape index (κ2) is 8.80. The van der Waals surface area contributed by atoms with Crippen LogP contribution in [0, 0.1) is 11.8 Å². The van der Waals surface area contributed by atoms with Gasteiger partial charge in [-0.2, -0.15) is 0 Å². The molecule has 0 saturated carbocycles. The van der Waals surface area contributed by atoms with E-state index in [2.05, 4.69) is 4.99 Å². The van der Waals surface area contributed by atoms with E-state index >= 15 is 0 Å². The zero-order valence-electron chi connectivity index (χ0n) is 19.1. The van der Waals surface area contributed by atoms with E-state index in [1.54, 1.807) is 11.8 Å². The molecular weight excluding hydrogens is 485 g/mol. The van der Waals surface area contributed by atoms with Gasteiger partial charge in [-0.1, -0.05) is 35.7 Å². The third-order valence-electron chi connectivity index (χ3n) is 6.99. The van der Waals surface area contributed by atoms with Crippen LogP contribution in [0.4, 0.5) is 0 Å². The van der Waals surface area contributed by atoms with E-state index < -0.39 is 15.9 Å². The van der Waals surface area contributed by atoms with Crippen molar-refractivity contribution in [2.45, 2.75) is 33.1 Å². The Kier molecular flexibility index (Phi) is 6.50. The Morgan fingerprint density at radius 2 is 1.88 bits per heavy atom. The van der Waals surface area contributed by atoms with Crippen LogP contribution >= 0.6 is 23.2 Å². The number of fused-ring (bicyclic) bond motifs is 1. The number of rotatable bonds is 5. The molecule has 3 aliphatic heterocycles. The number of allylic oxidation sites excluding steroid dienone is 1. The van der Waals surface area contributed by atoms with Crippen LogP contribution in [0.3, 0.4) is 0 Å². The SMILES string of the molecule is CC1=CC(C)=NC(=O)C1CN1CCc2c(Cl)cc(C(C)C3CN(S(C)(=O)=O)C3)c(Cl)c2C1=O. The van der Waals surface area contributed by atoms with Crippen molar-refractivity contribution in [3.8, 4) is 0 Å². The van der Waals surface area contributed by atoms with Crippen LogP contribution in [0.1, 0.15) is 48.2 Å². The summed E-state index contributed by atoms with van der Waals surface area (Å²) in [6.07, 6.45) is 3.62. The minimum atomic E-state index is -3.22. The zero-order valence-corrected chi connectivity index (χ0v) is 21.4. The fraction of sp³-hybridized carbons (Fsp3) is 0.522. The Bertz CT molecular complexity index is 1200. The number of halogens is 2. The van der Waals surface area contributed by atoms with Gasteiger partial charge in [0.05, 0.1) is 22.8 Å². The molecule has 1 fully saturated rings. The number of carbonyl (C=O) groups excluding carboxylic acids is 2. The van der Waals surface area contributed by atoms with Gasteiger partial charge in [-0.3, -0.25) is 9.59 Å². The van der Waals surface area contributed by atoms with Gasteiger partial charge in [-0.05, 0) is 55.4 Å². The number of benzene rings is 1. The maximum atomic E-state index is 13.5. The van der Waals surface area contributed by atoms with Crippen LogP contribution in [-0.4, -0.2) is 67.6 Å². The summed E-state index contributed by atoms with van der Waals surface area (Å²) in [5.74, 6) is -0.917. The second-order valence-corrected chi connectivity index (χ2v) is 12.0. The summed E-state index contributed by atoms with van der Waals surface area (Å²) >= 11 is 13.4. The summed E-state index contributed by atoms with van der Waals surface area (Å²) in [4.78, 5) is 31.6. The highest BCUT2D eigenvalue weighted by atomic mass is 35.5. The van der Waals surface area contributed by atoms with Crippen molar-refractivity contribution in [2.75, 3.05) is 32.4 Å². The molecule has 2 amide bonds. The number of hydrogen-bond acceptors (Lipinski definition) is 4. The molecule has 1 aromatic carbocycles. The summed E-state index contributed by atoms with van der Waals surface area (Å²) in [6.45, 7) is 7.17. The smallest absolute Gasteiger partial charge is 0.255 e. The predicted molar refractivity (Wildman–Crippen MR) is 130 cm³/mol. The average Bonchev–Trinajstić information content (AvgIpc) is 2.65. The predicted octanol–water partition coefficient (Wildman–Crippen LogP) is 3.55. The van der Waals surface area contributed by atoms with Crippen LogP contribution < -0.4 is 0 Å². The lowest BCUT2D eigenvalue weighted by atomic mass is 9.81. The number of aliphatic imine (C=N–C) groups is 1. The fourth-order valence-corrected chi connectivity index (χ4v) is 6.48. The third kappa shape index (κ3) is 4.50. The van der Waals surface area contributed by atoms with Gasteiger partial charge >= 0.3 is 0 Å². The Hall–Kier alpha value is -1.74. The van der Waals surface area contributed by atoms with Crippen molar-refractivity contribution < 1.29 is 18.0 Å². The van der Waals surface area contributed by atoms with E-state index in [1.807, 2.05) is 26.0 Å². The van der Waals surface area contributed by atoms with Crippen molar-refractivity contribution >= 4 is 50.8 Å². The first-order valence-electron chi connectivity index (χ1n) is 10.9. The van der Waals surface area contributed by atoms with Crippen LogP contribution in [0.15, 0.2) is 22.7 Å². The Morgan fingerprint density at radius 3 is 2.48 bits per heavy atom. The van der Waals surface area contributed by atoms with Crippen molar-refractivity contribution in [2.24, 2.45) is 16.8 Å². The highest BCUT2D eigenvalue weighted by Crippen LogP contribution is 2.42. The highest BCUT2D eigenvalue weighted by Gasteiger charge is 2.39. The van der Waals surface area contributed by atoms with E-state index in [4.69, 9.17) is 23.2 Å². The molecule has 3 heterocycles. The van der Waals surface area contributed by atoms with Gasteiger partial charge in [0.1, 0.15) is 0 Å². The van der Waals surface area contributed by atoms with E-state index in [-0.39, 0.29) is 30.2 Å². The van der Waals surface area contributed by atoms with Crippen molar-refractivity contribution in [3.05, 3.63) is 44.5 Å². The number of dihydropyridines is 1. The summed E-state index contributed by atoms with van der Waals surface area (Å²) in [5.41, 5.74) is 3.42. The summed E-state index contributed by atoms with van der Waals surface area (Å²) in [6, 6.07) is 1.81. The molecule has 10 heteroatoms. The number of hydrogen-bond donors (Lipinski definition) is 0. The lowest BCUT2D eigenvalue weighted by molar-refractivity contribution is -0.120. The number of carbonyl (C=O) groups is 2. The summed E-state index contributed by atoms with van der Waals surface area (Å²) in [7, 11) is -3.22. The minimum absolute atomic E-state index is 0.0658. The number of sulfonamides is 1. The molecule has 0 spiro atoms. The van der Waals surface area contributed by atoms with Gasteiger partial charge in [-0.25, -0.2) is 17.7 Å². The van der Waals surface area contributed by atoms with E-state index in [0.717, 1.165) is 16.7 Å². The van der Waals surface area contributed by atoms with Crippen molar-refractivity contribution in [1.29, 1.82) is 0 Å². The van der Waals surface area contributed by atoms with Crippen LogP contribution in [0.2, 0.25) is 10.0 Å². The van der Waals surface area contributed by atoms with E-state index in [0.29, 0.717) is 47.4 Å². The lowest BCUT2D eigenvalue weighted by Gasteiger charge is -2.41. The van der Waals surface area contributed by atoms with Crippen LogP contribution in [0.5, 0.6) is 0 Å². The van der Waals surface area contributed by atoms with Gasteiger partial charge in [0.25, 0.3) is 11.8 Å². The summed E-state index contributed by atoms with van der Waals surface area (Å²) in [5, 5.41) is 0.860. The summed E-state index contributed by atoms with van der Waals surface area (Å²) < 4.78 is 24.9. The third-order valence-corrected chi connectivity index (χ3v) is 8.98. The topological polar surface area (TPSA) is 87.1 Å². The molecule has 0 N–H and O–H groups in total. The highest BCUT2D eigenvalue weighted by molar-refractivity contribution is 7.88. The normalized spacial score (nSPS) is 23.1. The average molecular weight is 512 g/mol. The molecule has 1 aromatic rings. The first kappa shape index (κ1) is 24.4. The van der Waals surface area contributed by atoms with E-state index in [9.17, 15) is 18.0 Å². The number of nitrogens with zero attached hydrogens (tertiary/aromatic N) is 3. The quantitative estimate of drug-likeness (QED) is 0.604. The minimum Gasteiger partial charge on any atom is -0.337 e. The van der Waals surface area contributed by atoms with Gasteiger partial charge in [0.2, 0.25) is 10.0 Å². The molecule has 3 aliphatic rings. The zero-order chi connectivity index (χ0) is 24.2. The fourth-order valence-electron chi connectivity index (χ4n) is 4.82. The standard InChI is InChI=1S/C23H27Cl2N3O4S/c1-12-7-13(2)26-22(29)18(12)11-27-6-5-16-19(24)8-17(21(25)20(16)23(27)30)14(3)15-9-28(10-15)33(4,31)32/h7-8,14-15,18H,5-6,9-11H2,1-4H3. The molecule has 4 rings (SSSR count). The Labute approximate surface area is 204 Å². The molecule has 178 valence electrons. The maximum Gasteiger partial charge on any atom is 0.255 e. The molecule has 0 aliphatic carbocycles. The molecule has 2 unspecified atom stereocenters. The lowest BCUT2D eigenvalue weighted by Crippen LogP contribution is -2.51. The van der Waals surface area contributed by atoms with Gasteiger partial charge in [0, 0.05) is 36.9 Å². The van der Waals surface area contributed by atoms with Crippen LogP contribution in [0.25, 0.3) is 0 Å². The van der Waals surface area contributed by atoms with E-state index in [1.165, 1.54) is 10.6 Å². The first-order valence-corrected chi connectivity index (χ1v) is 13.5. The van der Waals surface area contributed by atoms with Gasteiger partial charge < -0.3 is 4.90 Å². The number of amides is 2. The molecule has 0 radical (unpaired) electrons. The van der Waals surface area contributed by atoms with Crippen molar-refractivity contribution in [1.82, 2.24) is 9.21 Å². The Balaban J connectivity index is 1.59. The molecule has 7 nitrogen and oxygen atoms in total. The molecule has 2 atom stereocenters. The van der Waals surface area contributed by atoms with Crippen LogP contribution in [-0.2, 0) is 21.2 Å². The Morgan fingerprint density at radius 1 is 1.21 bits per heavy atom. The van der Waals surface area contributed by atoms with Gasteiger partial charge in [-0.15, -0.1) is 0 Å². The molecule has 0 aromatic heterocycles. The molecular formula is C23H27Cl2N3O4S. The first-order chi connectivity index (χ1) is 15.4. The van der Waals surface area contributed by atoms with Crippen molar-refractivity contribution in [3.63, 3.8) is 0 Å². The largest absolute Gasteiger partial charge is 0.337 e. The molecule has 33 heavy (non-hydrogen) atoms. The monoisotopic (exact) mass is 511 g/mol. The van der Waals surface area contributed by atoms with Gasteiger partial charge in [0.15, 0.2) is 0 Å². The molecule has 0 bridgehead atoms. The second-order valence-electron chi connectivity index (χ2n) is 9.28. The maximum absolute atomic E-state index is 13.5.